The van der Waals surface area contributed by atoms with Gasteiger partial charge in [0.1, 0.15) is 11.1 Å². The fourth-order valence-corrected chi connectivity index (χ4v) is 4.08. The number of nitrogens with one attached hydrogen (secondary N) is 1. The van der Waals surface area contributed by atoms with Crippen molar-refractivity contribution in [2.75, 3.05) is 5.32 Å². The van der Waals surface area contributed by atoms with Gasteiger partial charge in [-0.2, -0.15) is 5.26 Å². The van der Waals surface area contributed by atoms with Gasteiger partial charge in [0.2, 0.25) is 0 Å². The highest BCUT2D eigenvalue weighted by Crippen LogP contribution is 2.39. The monoisotopic (exact) mass is 296 g/mol. The summed E-state index contributed by atoms with van der Waals surface area (Å²) in [4.78, 5) is 13.5. The van der Waals surface area contributed by atoms with E-state index < -0.39 is 0 Å². The van der Waals surface area contributed by atoms with Gasteiger partial charge in [-0.1, -0.05) is 25.1 Å². The summed E-state index contributed by atoms with van der Waals surface area (Å²) in [5.41, 5.74) is 2.41. The summed E-state index contributed by atoms with van der Waals surface area (Å²) in [6.07, 6.45) is 3.07. The predicted molar refractivity (Wildman–Crippen MR) is 84.6 cm³/mol. The Hall–Kier alpha value is -2.12. The van der Waals surface area contributed by atoms with Crippen molar-refractivity contribution in [3.8, 4) is 6.07 Å². The number of nitrogens with zero attached hydrogens (tertiary/aromatic N) is 1. The third-order valence-corrected chi connectivity index (χ3v) is 5.06. The number of benzene rings is 1. The maximum absolute atomic E-state index is 12.2. The van der Waals surface area contributed by atoms with Gasteiger partial charge in [-0.3, -0.25) is 4.79 Å². The van der Waals surface area contributed by atoms with Crippen molar-refractivity contribution >= 4 is 22.2 Å². The number of anilines is 1. The lowest BCUT2D eigenvalue weighted by molar-refractivity contribution is 0.102. The fraction of sp³-hybridized carbons (Fsp3) is 0.294. The second kappa shape index (κ2) is 5.71. The molecule has 106 valence electrons. The fourth-order valence-electron chi connectivity index (χ4n) is 2.72. The van der Waals surface area contributed by atoms with E-state index in [1.54, 1.807) is 23.5 Å². The van der Waals surface area contributed by atoms with E-state index in [0.29, 0.717) is 22.0 Å². The van der Waals surface area contributed by atoms with Crippen molar-refractivity contribution in [3.05, 3.63) is 51.9 Å². The first-order valence-corrected chi connectivity index (χ1v) is 7.91. The molecule has 4 heteroatoms. The number of thiophene rings is 1. The molecule has 1 aliphatic rings. The van der Waals surface area contributed by atoms with Crippen molar-refractivity contribution in [3.63, 3.8) is 0 Å². The third kappa shape index (κ3) is 2.70. The first-order chi connectivity index (χ1) is 10.2. The number of carbonyl (C=O) groups excluding carboxylic acids is 1. The first kappa shape index (κ1) is 13.8. The van der Waals surface area contributed by atoms with Crippen LogP contribution in [0.1, 0.15) is 39.7 Å². The van der Waals surface area contributed by atoms with Gasteiger partial charge in [-0.05, 0) is 42.9 Å². The molecule has 0 saturated carbocycles. The van der Waals surface area contributed by atoms with Crippen LogP contribution in [0.5, 0.6) is 0 Å². The maximum Gasteiger partial charge on any atom is 0.256 e. The van der Waals surface area contributed by atoms with Crippen LogP contribution in [0.25, 0.3) is 0 Å². The van der Waals surface area contributed by atoms with E-state index in [0.717, 1.165) is 24.8 Å². The third-order valence-electron chi connectivity index (χ3n) is 3.89. The summed E-state index contributed by atoms with van der Waals surface area (Å²) in [7, 11) is 0. The molecule has 0 saturated heterocycles. The van der Waals surface area contributed by atoms with E-state index in [9.17, 15) is 10.1 Å². The Morgan fingerprint density at radius 2 is 2.14 bits per heavy atom. The smallest absolute Gasteiger partial charge is 0.256 e. The molecule has 3 rings (SSSR count). The first-order valence-electron chi connectivity index (χ1n) is 7.10. The minimum Gasteiger partial charge on any atom is -0.312 e. The van der Waals surface area contributed by atoms with Crippen molar-refractivity contribution in [2.45, 2.75) is 26.2 Å². The van der Waals surface area contributed by atoms with Gasteiger partial charge >= 0.3 is 0 Å². The van der Waals surface area contributed by atoms with Crippen LogP contribution in [-0.2, 0) is 12.8 Å². The van der Waals surface area contributed by atoms with Gasteiger partial charge in [0.15, 0.2) is 0 Å². The summed E-state index contributed by atoms with van der Waals surface area (Å²) in [5.74, 6) is 0.499. The molecule has 0 radical (unpaired) electrons. The second-order valence-electron chi connectivity index (χ2n) is 5.49. The van der Waals surface area contributed by atoms with E-state index >= 15 is 0 Å². The Balaban J connectivity index is 1.90. The topological polar surface area (TPSA) is 52.9 Å². The van der Waals surface area contributed by atoms with Gasteiger partial charge < -0.3 is 5.32 Å². The van der Waals surface area contributed by atoms with Crippen LogP contribution in [-0.4, -0.2) is 5.91 Å². The van der Waals surface area contributed by atoms with Crippen LogP contribution in [0.15, 0.2) is 30.3 Å². The quantitative estimate of drug-likeness (QED) is 0.910. The van der Waals surface area contributed by atoms with Gasteiger partial charge in [0.25, 0.3) is 5.91 Å². The summed E-state index contributed by atoms with van der Waals surface area (Å²) in [6.45, 7) is 2.23. The standard InChI is InChI=1S/C17H16N2OS/c1-11-7-8-13-14(10-18)17(21-15(13)9-11)19-16(20)12-5-3-2-4-6-12/h2-6,11H,7-9H2,1H3,(H,19,20)/t11-/m1/s1. The highest BCUT2D eigenvalue weighted by molar-refractivity contribution is 7.16. The molecule has 1 amide bonds. The minimum atomic E-state index is -0.154. The van der Waals surface area contributed by atoms with Crippen LogP contribution in [0.2, 0.25) is 0 Å². The Morgan fingerprint density at radius 1 is 1.38 bits per heavy atom. The Morgan fingerprint density at radius 3 is 2.86 bits per heavy atom. The molecule has 1 N–H and O–H groups in total. The lowest BCUT2D eigenvalue weighted by atomic mass is 9.88. The van der Waals surface area contributed by atoms with E-state index in [1.807, 2.05) is 18.2 Å². The zero-order chi connectivity index (χ0) is 14.8. The number of hydrogen-bond donors (Lipinski definition) is 1. The zero-order valence-electron chi connectivity index (χ0n) is 11.8. The van der Waals surface area contributed by atoms with E-state index in [2.05, 4.69) is 18.3 Å². The Kier molecular flexibility index (Phi) is 3.76. The lowest BCUT2D eigenvalue weighted by Crippen LogP contribution is -2.12. The molecule has 0 aliphatic heterocycles. The van der Waals surface area contributed by atoms with E-state index in [-0.39, 0.29) is 5.91 Å². The average molecular weight is 296 g/mol. The molecule has 2 aromatic rings. The molecule has 3 nitrogen and oxygen atoms in total. The minimum absolute atomic E-state index is 0.154. The molecule has 0 spiro atoms. The molecule has 0 bridgehead atoms. The molecule has 21 heavy (non-hydrogen) atoms. The van der Waals surface area contributed by atoms with E-state index in [4.69, 9.17) is 0 Å². The Bertz CT molecular complexity index is 712. The normalized spacial score (nSPS) is 16.9. The SMILES string of the molecule is C[C@@H]1CCc2c(sc(NC(=O)c3ccccc3)c2C#N)C1. The number of carbonyl (C=O) groups is 1. The van der Waals surface area contributed by atoms with Gasteiger partial charge in [-0.25, -0.2) is 0 Å². The molecular formula is C17H16N2OS. The molecule has 0 fully saturated rings. The number of amides is 1. The van der Waals surface area contributed by atoms with E-state index in [1.165, 1.54) is 4.88 Å². The lowest BCUT2D eigenvalue weighted by Gasteiger charge is -2.17. The average Bonchev–Trinajstić information content (AvgIpc) is 2.84. The largest absolute Gasteiger partial charge is 0.312 e. The summed E-state index contributed by atoms with van der Waals surface area (Å²) in [6, 6.07) is 11.4. The molecule has 1 aromatic carbocycles. The second-order valence-corrected chi connectivity index (χ2v) is 6.59. The van der Waals surface area contributed by atoms with Crippen LogP contribution >= 0.6 is 11.3 Å². The molecule has 1 aromatic heterocycles. The van der Waals surface area contributed by atoms with Crippen LogP contribution < -0.4 is 5.32 Å². The molecule has 1 atom stereocenters. The number of fused-ring (bicyclic) bond motifs is 1. The van der Waals surface area contributed by atoms with Crippen molar-refractivity contribution in [1.29, 1.82) is 5.26 Å². The summed E-state index contributed by atoms with van der Waals surface area (Å²) >= 11 is 1.56. The van der Waals surface area contributed by atoms with Crippen molar-refractivity contribution in [2.24, 2.45) is 5.92 Å². The molecular weight excluding hydrogens is 280 g/mol. The highest BCUT2D eigenvalue weighted by Gasteiger charge is 2.24. The molecule has 1 aliphatic carbocycles. The highest BCUT2D eigenvalue weighted by atomic mass is 32.1. The predicted octanol–water partition coefficient (Wildman–Crippen LogP) is 4.00. The van der Waals surface area contributed by atoms with Crippen LogP contribution in [0, 0.1) is 17.2 Å². The van der Waals surface area contributed by atoms with Crippen molar-refractivity contribution in [1.82, 2.24) is 0 Å². The zero-order valence-corrected chi connectivity index (χ0v) is 12.7. The van der Waals surface area contributed by atoms with Gasteiger partial charge in [0, 0.05) is 10.4 Å². The van der Waals surface area contributed by atoms with Crippen LogP contribution in [0.3, 0.4) is 0 Å². The number of rotatable bonds is 2. The number of hydrogen-bond acceptors (Lipinski definition) is 3. The van der Waals surface area contributed by atoms with Gasteiger partial charge in [0.05, 0.1) is 5.56 Å². The molecule has 0 unspecified atom stereocenters. The van der Waals surface area contributed by atoms with Crippen LogP contribution in [0.4, 0.5) is 5.00 Å². The summed E-state index contributed by atoms with van der Waals surface area (Å²) < 4.78 is 0. The van der Waals surface area contributed by atoms with Gasteiger partial charge in [-0.15, -0.1) is 11.3 Å². The summed E-state index contributed by atoms with van der Waals surface area (Å²) in [5, 5.41) is 13.0. The van der Waals surface area contributed by atoms with Crippen molar-refractivity contribution < 1.29 is 4.79 Å². The maximum atomic E-state index is 12.2. The Labute approximate surface area is 128 Å². The number of nitriles is 1. The molecule has 1 heterocycles.